The maximum Gasteiger partial charge on any atom is 0.330 e. The summed E-state index contributed by atoms with van der Waals surface area (Å²) in [5.74, 6) is 0. The van der Waals surface area contributed by atoms with E-state index < -0.39 is 51.9 Å². The average Bonchev–Trinajstić information content (AvgIpc) is 3.26. The number of hydrogen-bond donors (Lipinski definition) is 1. The Bertz CT molecular complexity index is 1170. The molecule has 2 heterocycles. The van der Waals surface area contributed by atoms with Crippen LogP contribution in [0.25, 0.3) is 0 Å². The van der Waals surface area contributed by atoms with E-state index in [2.05, 4.69) is 15.7 Å². The Morgan fingerprint density at radius 2 is 1.77 bits per heavy atom. The predicted molar refractivity (Wildman–Crippen MR) is 162 cm³/mol. The maximum atomic E-state index is 13.4. The van der Waals surface area contributed by atoms with Gasteiger partial charge in [-0.25, -0.2) is 9.46 Å². The Labute approximate surface area is 255 Å². The fourth-order valence-electron chi connectivity index (χ4n) is 4.76. The molecular weight excluding hydrogens is 602 g/mol. The number of aryl methyl sites for hydroxylation is 1. The number of nitrogens with one attached hydrogen (secondary N) is 1. The fraction of sp³-hybridized carbons (Fsp3) is 0.815. The highest BCUT2D eigenvalue weighted by atomic mass is 31.2. The number of aromatic amines is 1. The minimum absolute atomic E-state index is 0.0261. The van der Waals surface area contributed by atoms with E-state index in [0.29, 0.717) is 5.56 Å². The van der Waals surface area contributed by atoms with E-state index in [1.54, 1.807) is 27.9 Å². The lowest BCUT2D eigenvalue weighted by Crippen LogP contribution is -2.42. The smallest absolute Gasteiger partial charge is 0.330 e. The zero-order chi connectivity index (χ0) is 32.2. The summed E-state index contributed by atoms with van der Waals surface area (Å²) in [5.41, 5.74) is -0.869. The average molecular weight is 651 g/mol. The molecule has 1 fully saturated rings. The van der Waals surface area contributed by atoms with Gasteiger partial charge in [0, 0.05) is 31.0 Å². The number of rotatable bonds is 20. The summed E-state index contributed by atoms with van der Waals surface area (Å²) in [6.45, 7) is 14.1. The number of hydrogen-bond acceptors (Lipinski definition) is 12. The first-order valence-corrected chi connectivity index (χ1v) is 17.5. The van der Waals surface area contributed by atoms with Gasteiger partial charge in [-0.3, -0.25) is 18.9 Å². The molecule has 0 spiro atoms. The number of aromatic nitrogens is 2. The summed E-state index contributed by atoms with van der Waals surface area (Å²) in [6.07, 6.45) is -1.60. The third-order valence-corrected chi connectivity index (χ3v) is 10.8. The summed E-state index contributed by atoms with van der Waals surface area (Å²) in [7, 11) is -3.65. The molecule has 5 atom stereocenters. The van der Waals surface area contributed by atoms with E-state index in [1.807, 2.05) is 27.7 Å². The van der Waals surface area contributed by atoms with Crippen molar-refractivity contribution in [2.75, 3.05) is 46.3 Å². The number of methoxy groups -OCH3 is 1. The molecular formula is C27H48N4O10P2. The van der Waals surface area contributed by atoms with Crippen LogP contribution in [0.15, 0.2) is 15.8 Å². The Morgan fingerprint density at radius 3 is 2.33 bits per heavy atom. The molecule has 1 aromatic heterocycles. The van der Waals surface area contributed by atoms with Crippen LogP contribution in [-0.4, -0.2) is 90.9 Å². The maximum absolute atomic E-state index is 13.4. The normalized spacial score (nSPS) is 21.6. The summed E-state index contributed by atoms with van der Waals surface area (Å²) >= 11 is 0. The van der Waals surface area contributed by atoms with Crippen molar-refractivity contribution in [1.82, 2.24) is 14.2 Å². The first kappa shape index (κ1) is 37.7. The van der Waals surface area contributed by atoms with Gasteiger partial charge in [-0.05, 0) is 54.9 Å². The molecule has 0 bridgehead atoms. The van der Waals surface area contributed by atoms with Crippen LogP contribution >= 0.6 is 16.1 Å². The monoisotopic (exact) mass is 650 g/mol. The third kappa shape index (κ3) is 10.8. The summed E-state index contributed by atoms with van der Waals surface area (Å²) in [5, 5.41) is 9.15. The highest BCUT2D eigenvalue weighted by molar-refractivity contribution is 7.53. The topological polar surface area (TPSA) is 164 Å². The van der Waals surface area contributed by atoms with Crippen molar-refractivity contribution in [2.45, 2.75) is 97.9 Å². The minimum atomic E-state index is -3.45. The summed E-state index contributed by atoms with van der Waals surface area (Å²) in [6, 6.07) is 2.15. The Balaban J connectivity index is 2.61. The van der Waals surface area contributed by atoms with Gasteiger partial charge in [0.25, 0.3) is 14.1 Å². The lowest BCUT2D eigenvalue weighted by atomic mass is 10.1. The lowest BCUT2D eigenvalue weighted by molar-refractivity contribution is -0.0786. The molecule has 43 heavy (non-hydrogen) atoms. The Kier molecular flexibility index (Phi) is 16.2. The zero-order valence-electron chi connectivity index (χ0n) is 26.5. The molecule has 1 saturated heterocycles. The molecule has 2 rings (SSSR count). The van der Waals surface area contributed by atoms with Crippen molar-refractivity contribution >= 4 is 16.1 Å². The Hall–Kier alpha value is -1.49. The summed E-state index contributed by atoms with van der Waals surface area (Å²) in [4.78, 5) is 27.5. The molecule has 16 heteroatoms. The van der Waals surface area contributed by atoms with Gasteiger partial charge in [0.2, 0.25) is 0 Å². The second-order valence-corrected chi connectivity index (χ2v) is 14.0. The van der Waals surface area contributed by atoms with Crippen LogP contribution in [0.2, 0.25) is 0 Å². The van der Waals surface area contributed by atoms with Gasteiger partial charge in [-0.1, -0.05) is 0 Å². The van der Waals surface area contributed by atoms with E-state index in [4.69, 9.17) is 37.6 Å². The number of nitrogens with zero attached hydrogens (tertiary/aromatic N) is 3. The Morgan fingerprint density at radius 1 is 1.12 bits per heavy atom. The van der Waals surface area contributed by atoms with Gasteiger partial charge in [-0.15, -0.1) is 0 Å². The molecule has 14 nitrogen and oxygen atoms in total. The van der Waals surface area contributed by atoms with E-state index in [0.717, 1.165) is 0 Å². The van der Waals surface area contributed by atoms with Crippen LogP contribution in [0.3, 0.4) is 0 Å². The quantitative estimate of drug-likeness (QED) is 0.159. The van der Waals surface area contributed by atoms with Crippen molar-refractivity contribution in [3.8, 4) is 6.07 Å². The second-order valence-electron chi connectivity index (χ2n) is 10.4. The SMILES string of the molecule is CCOP(=O)(CC[C@H]1O[C@@H](n2cc(C)c(=O)[nH]c2=O)[C@H](OCCOC)[C@@H]1OP(OCCC#N)N(C(C)C)C(C)C)OCC. The predicted octanol–water partition coefficient (Wildman–Crippen LogP) is 4.09. The van der Waals surface area contributed by atoms with Crippen molar-refractivity contribution < 1.29 is 36.9 Å². The van der Waals surface area contributed by atoms with Gasteiger partial charge in [-0.2, -0.15) is 5.26 Å². The molecule has 1 unspecified atom stereocenters. The molecule has 1 aliphatic heterocycles. The molecule has 0 aromatic carbocycles. The van der Waals surface area contributed by atoms with Crippen molar-refractivity contribution in [3.05, 3.63) is 32.6 Å². The number of nitriles is 1. The minimum Gasteiger partial charge on any atom is -0.382 e. The van der Waals surface area contributed by atoms with E-state index in [-0.39, 0.29) is 64.1 Å². The van der Waals surface area contributed by atoms with Crippen LogP contribution in [0.4, 0.5) is 0 Å². The van der Waals surface area contributed by atoms with Crippen LogP contribution in [0.5, 0.6) is 0 Å². The van der Waals surface area contributed by atoms with Gasteiger partial charge in [0.15, 0.2) is 6.23 Å². The first-order valence-electron chi connectivity index (χ1n) is 14.6. The molecule has 0 amide bonds. The molecule has 1 aromatic rings. The van der Waals surface area contributed by atoms with Gasteiger partial charge in [0.1, 0.15) is 12.2 Å². The zero-order valence-corrected chi connectivity index (χ0v) is 28.3. The fourth-order valence-corrected chi connectivity index (χ4v) is 8.21. The van der Waals surface area contributed by atoms with Gasteiger partial charge < -0.3 is 32.3 Å². The second kappa shape index (κ2) is 18.5. The molecule has 1 N–H and O–H groups in total. The lowest BCUT2D eigenvalue weighted by Gasteiger charge is -2.38. The van der Waals surface area contributed by atoms with Crippen molar-refractivity contribution in [2.24, 2.45) is 0 Å². The first-order chi connectivity index (χ1) is 20.4. The molecule has 0 saturated carbocycles. The summed E-state index contributed by atoms with van der Waals surface area (Å²) < 4.78 is 58.6. The van der Waals surface area contributed by atoms with Crippen LogP contribution in [0, 0.1) is 18.3 Å². The number of ether oxygens (including phenoxy) is 3. The van der Waals surface area contributed by atoms with Crippen molar-refractivity contribution in [1.29, 1.82) is 5.26 Å². The van der Waals surface area contributed by atoms with Crippen molar-refractivity contribution in [3.63, 3.8) is 0 Å². The van der Waals surface area contributed by atoms with Crippen LogP contribution in [0.1, 0.15) is 66.2 Å². The van der Waals surface area contributed by atoms with E-state index in [1.165, 1.54) is 10.8 Å². The molecule has 0 aliphatic carbocycles. The highest BCUT2D eigenvalue weighted by Gasteiger charge is 2.50. The number of H-pyrrole nitrogens is 1. The molecule has 1 aliphatic rings. The largest absolute Gasteiger partial charge is 0.382 e. The van der Waals surface area contributed by atoms with Gasteiger partial charge >= 0.3 is 13.3 Å². The standard InChI is InChI=1S/C27H48N4O10P2/c1-9-38-43(34,39-10-2)17-12-22-23(41-42(37-14-11-13-28)31(19(3)4)20(5)6)24(36-16-15-35-8)26(40-22)30-18-21(7)25(32)29-27(30)33/h18-20,22-24,26H,9-12,14-17H2,1-8H3,(H,29,32,33)/t22-,23-,24-,26-,42?/m1/s1. The van der Waals surface area contributed by atoms with Crippen LogP contribution < -0.4 is 11.2 Å². The van der Waals surface area contributed by atoms with E-state index in [9.17, 15) is 14.2 Å². The van der Waals surface area contributed by atoms with Crippen LogP contribution in [-0.2, 0) is 36.9 Å². The molecule has 246 valence electrons. The van der Waals surface area contributed by atoms with Gasteiger partial charge in [0.05, 0.1) is 57.8 Å². The highest BCUT2D eigenvalue weighted by Crippen LogP contribution is 2.53. The van der Waals surface area contributed by atoms with E-state index >= 15 is 0 Å². The third-order valence-electron chi connectivity index (χ3n) is 6.52. The molecule has 0 radical (unpaired) electrons.